The minimum absolute atomic E-state index is 0.104. The molecule has 1 atom stereocenters. The third-order valence-electron chi connectivity index (χ3n) is 2.66. The summed E-state index contributed by atoms with van der Waals surface area (Å²) >= 11 is 2.91. The summed E-state index contributed by atoms with van der Waals surface area (Å²) in [5.41, 5.74) is 0. The first-order valence-electron chi connectivity index (χ1n) is 6.02. The van der Waals surface area contributed by atoms with Crippen molar-refractivity contribution in [3.63, 3.8) is 0 Å². The fourth-order valence-electron chi connectivity index (χ4n) is 1.68. The highest BCUT2D eigenvalue weighted by atomic mass is 32.2. The molecule has 0 bridgehead atoms. The first-order chi connectivity index (χ1) is 9.74. The van der Waals surface area contributed by atoms with Gasteiger partial charge in [-0.05, 0) is 30.5 Å². The molecule has 1 unspecified atom stereocenters. The predicted octanol–water partition coefficient (Wildman–Crippen LogP) is 4.79. The molecular formula is C14H11FN2OS2. The lowest BCUT2D eigenvalue weighted by molar-refractivity contribution is 0.510. The van der Waals surface area contributed by atoms with Crippen LogP contribution in [0.2, 0.25) is 0 Å². The fourth-order valence-corrected chi connectivity index (χ4v) is 3.24. The quantitative estimate of drug-likeness (QED) is 0.650. The molecule has 3 nitrogen and oxygen atoms in total. The number of rotatable bonds is 4. The number of hydrogen-bond acceptors (Lipinski definition) is 5. The van der Waals surface area contributed by atoms with Gasteiger partial charge in [-0.2, -0.15) is 0 Å². The molecule has 20 heavy (non-hydrogen) atoms. The van der Waals surface area contributed by atoms with Gasteiger partial charge >= 0.3 is 0 Å². The van der Waals surface area contributed by atoms with Crippen LogP contribution in [0.1, 0.15) is 18.1 Å². The van der Waals surface area contributed by atoms with E-state index in [0.29, 0.717) is 16.7 Å². The second kappa shape index (κ2) is 5.76. The van der Waals surface area contributed by atoms with E-state index in [1.165, 1.54) is 17.8 Å². The van der Waals surface area contributed by atoms with E-state index in [0.717, 1.165) is 4.88 Å². The van der Waals surface area contributed by atoms with E-state index in [2.05, 4.69) is 10.2 Å². The maximum Gasteiger partial charge on any atom is 0.257 e. The molecule has 2 aromatic heterocycles. The van der Waals surface area contributed by atoms with Gasteiger partial charge in [0.1, 0.15) is 5.82 Å². The highest BCUT2D eigenvalue weighted by Gasteiger charge is 2.17. The molecule has 102 valence electrons. The summed E-state index contributed by atoms with van der Waals surface area (Å²) in [6.07, 6.45) is 0. The molecule has 3 rings (SSSR count). The summed E-state index contributed by atoms with van der Waals surface area (Å²) in [5, 5.41) is 9.93. The second-order valence-electron chi connectivity index (χ2n) is 4.11. The van der Waals surface area contributed by atoms with Crippen LogP contribution >= 0.6 is 23.1 Å². The van der Waals surface area contributed by atoms with Gasteiger partial charge in [0.15, 0.2) is 0 Å². The van der Waals surface area contributed by atoms with Crippen LogP contribution in [0.15, 0.2) is 51.1 Å². The van der Waals surface area contributed by atoms with E-state index < -0.39 is 0 Å². The van der Waals surface area contributed by atoms with Crippen LogP contribution in [0.5, 0.6) is 0 Å². The van der Waals surface area contributed by atoms with Crippen molar-refractivity contribution in [1.29, 1.82) is 0 Å². The molecule has 0 fully saturated rings. The first-order valence-corrected chi connectivity index (χ1v) is 7.78. The van der Waals surface area contributed by atoms with E-state index in [1.807, 2.05) is 30.5 Å². The minimum atomic E-state index is -0.234. The number of aromatic nitrogens is 2. The molecule has 6 heteroatoms. The average molecular weight is 306 g/mol. The first kappa shape index (κ1) is 13.3. The van der Waals surface area contributed by atoms with Gasteiger partial charge in [0.05, 0.1) is 10.1 Å². The molecule has 0 N–H and O–H groups in total. The fraction of sp³-hybridized carbons (Fsp3) is 0.143. The normalized spacial score (nSPS) is 12.5. The van der Waals surface area contributed by atoms with Crippen molar-refractivity contribution in [3.05, 3.63) is 53.5 Å². The zero-order chi connectivity index (χ0) is 13.9. The Balaban J connectivity index is 1.78. The van der Waals surface area contributed by atoms with Crippen molar-refractivity contribution >= 4 is 23.1 Å². The van der Waals surface area contributed by atoms with E-state index in [9.17, 15) is 4.39 Å². The number of nitrogens with zero attached hydrogens (tertiary/aromatic N) is 2. The Morgan fingerprint density at radius 3 is 2.80 bits per heavy atom. The molecule has 2 heterocycles. The largest absolute Gasteiger partial charge is 0.419 e. The number of thiophene rings is 1. The molecule has 0 saturated carbocycles. The van der Waals surface area contributed by atoms with Crippen LogP contribution < -0.4 is 0 Å². The molecule has 0 aliphatic heterocycles. The molecule has 0 saturated heterocycles. The van der Waals surface area contributed by atoms with Crippen molar-refractivity contribution < 1.29 is 8.81 Å². The number of benzene rings is 1. The molecule has 0 spiro atoms. The smallest absolute Gasteiger partial charge is 0.257 e. The monoisotopic (exact) mass is 306 g/mol. The van der Waals surface area contributed by atoms with E-state index in [1.54, 1.807) is 23.5 Å². The highest BCUT2D eigenvalue weighted by Crippen LogP contribution is 2.36. The summed E-state index contributed by atoms with van der Waals surface area (Å²) in [6, 6.07) is 10.5. The Morgan fingerprint density at radius 2 is 2.05 bits per heavy atom. The number of hydrogen-bond donors (Lipinski definition) is 0. The van der Waals surface area contributed by atoms with Crippen molar-refractivity contribution in [3.8, 4) is 10.8 Å². The van der Waals surface area contributed by atoms with Crippen molar-refractivity contribution in [2.75, 3.05) is 0 Å². The Kier molecular flexibility index (Phi) is 3.84. The zero-order valence-corrected chi connectivity index (χ0v) is 12.2. The Labute approximate surface area is 123 Å². The maximum atomic E-state index is 13.6. The molecule has 0 radical (unpaired) electrons. The number of halogens is 1. The summed E-state index contributed by atoms with van der Waals surface area (Å²) in [5.74, 6) is 0.778. The Bertz CT molecular complexity index is 697. The standard InChI is InChI=1S/C14H11FN2OS2/c1-9(20-11-6-3-2-5-10(11)15)13-16-17-14(18-13)12-7-4-8-19-12/h2-9H,1H3. The Hall–Kier alpha value is -1.66. The van der Waals surface area contributed by atoms with Gasteiger partial charge < -0.3 is 4.42 Å². The highest BCUT2D eigenvalue weighted by molar-refractivity contribution is 7.99. The predicted molar refractivity (Wildman–Crippen MR) is 78.3 cm³/mol. The van der Waals surface area contributed by atoms with Crippen molar-refractivity contribution in [1.82, 2.24) is 10.2 Å². The topological polar surface area (TPSA) is 38.9 Å². The lowest BCUT2D eigenvalue weighted by Gasteiger charge is -2.07. The lowest BCUT2D eigenvalue weighted by Crippen LogP contribution is -1.90. The van der Waals surface area contributed by atoms with Gasteiger partial charge in [-0.3, -0.25) is 0 Å². The van der Waals surface area contributed by atoms with Crippen LogP contribution in [-0.2, 0) is 0 Å². The lowest BCUT2D eigenvalue weighted by atomic mass is 10.3. The third kappa shape index (κ3) is 2.76. The van der Waals surface area contributed by atoms with Crippen molar-refractivity contribution in [2.45, 2.75) is 17.1 Å². The van der Waals surface area contributed by atoms with Gasteiger partial charge in [0.2, 0.25) is 5.89 Å². The Morgan fingerprint density at radius 1 is 1.20 bits per heavy atom. The van der Waals surface area contributed by atoms with E-state index in [-0.39, 0.29) is 11.1 Å². The van der Waals surface area contributed by atoms with Crippen LogP contribution in [0, 0.1) is 5.82 Å². The molecular weight excluding hydrogens is 295 g/mol. The van der Waals surface area contributed by atoms with Crippen LogP contribution in [0.25, 0.3) is 10.8 Å². The van der Waals surface area contributed by atoms with Gasteiger partial charge in [0, 0.05) is 4.90 Å². The average Bonchev–Trinajstić information content (AvgIpc) is 3.11. The molecule has 3 aromatic rings. The SMILES string of the molecule is CC(Sc1ccccc1F)c1nnc(-c2cccs2)o1. The summed E-state index contributed by atoms with van der Waals surface area (Å²) in [7, 11) is 0. The molecule has 1 aromatic carbocycles. The summed E-state index contributed by atoms with van der Waals surface area (Å²) < 4.78 is 19.3. The minimum Gasteiger partial charge on any atom is -0.419 e. The molecule has 0 aliphatic rings. The van der Waals surface area contributed by atoms with E-state index in [4.69, 9.17) is 4.42 Å². The number of thioether (sulfide) groups is 1. The molecule has 0 amide bonds. The van der Waals surface area contributed by atoms with Gasteiger partial charge in [-0.1, -0.05) is 18.2 Å². The second-order valence-corrected chi connectivity index (χ2v) is 6.44. The summed E-state index contributed by atoms with van der Waals surface area (Å²) in [4.78, 5) is 1.52. The zero-order valence-electron chi connectivity index (χ0n) is 10.6. The van der Waals surface area contributed by atoms with E-state index >= 15 is 0 Å². The van der Waals surface area contributed by atoms with Crippen LogP contribution in [-0.4, -0.2) is 10.2 Å². The van der Waals surface area contributed by atoms with Gasteiger partial charge in [-0.25, -0.2) is 4.39 Å². The maximum absolute atomic E-state index is 13.6. The summed E-state index contributed by atoms with van der Waals surface area (Å²) in [6.45, 7) is 1.92. The van der Waals surface area contributed by atoms with Gasteiger partial charge in [-0.15, -0.1) is 33.3 Å². The van der Waals surface area contributed by atoms with Crippen LogP contribution in [0.3, 0.4) is 0 Å². The van der Waals surface area contributed by atoms with Crippen LogP contribution in [0.4, 0.5) is 4.39 Å². The van der Waals surface area contributed by atoms with Gasteiger partial charge in [0.25, 0.3) is 5.89 Å². The molecule has 0 aliphatic carbocycles. The third-order valence-corrected chi connectivity index (χ3v) is 4.66. The van der Waals surface area contributed by atoms with Crippen molar-refractivity contribution in [2.24, 2.45) is 0 Å².